The number of morpholine rings is 1. The van der Waals surface area contributed by atoms with Crippen LogP contribution in [0, 0.1) is 5.92 Å². The number of rotatable bonds is 8. The second kappa shape index (κ2) is 10.7. The van der Waals surface area contributed by atoms with Crippen LogP contribution in [-0.4, -0.2) is 49.9 Å². The molecule has 0 aliphatic carbocycles. The van der Waals surface area contributed by atoms with Crippen LogP contribution >= 0.6 is 0 Å². The summed E-state index contributed by atoms with van der Waals surface area (Å²) < 4.78 is 11.0. The smallest absolute Gasteiger partial charge is 0.271 e. The zero-order chi connectivity index (χ0) is 20.5. The van der Waals surface area contributed by atoms with Crippen LogP contribution in [0.2, 0.25) is 0 Å². The fourth-order valence-corrected chi connectivity index (χ4v) is 2.92. The molecule has 2 aromatic carbocycles. The van der Waals surface area contributed by atoms with Gasteiger partial charge in [0.1, 0.15) is 5.75 Å². The molecule has 0 unspecified atom stereocenters. The summed E-state index contributed by atoms with van der Waals surface area (Å²) in [7, 11) is 0. The third-order valence-corrected chi connectivity index (χ3v) is 4.57. The maximum atomic E-state index is 12.3. The van der Waals surface area contributed by atoms with E-state index in [-0.39, 0.29) is 5.91 Å². The van der Waals surface area contributed by atoms with Crippen LogP contribution in [-0.2, 0) is 11.3 Å². The number of nitrogens with zero attached hydrogens (tertiary/aromatic N) is 2. The van der Waals surface area contributed by atoms with Crippen molar-refractivity contribution in [1.82, 2.24) is 10.3 Å². The van der Waals surface area contributed by atoms with Gasteiger partial charge < -0.3 is 9.47 Å². The van der Waals surface area contributed by atoms with E-state index in [1.807, 2.05) is 48.5 Å². The van der Waals surface area contributed by atoms with Crippen LogP contribution in [0.15, 0.2) is 53.6 Å². The molecule has 0 saturated carbocycles. The van der Waals surface area contributed by atoms with E-state index in [2.05, 4.69) is 29.3 Å². The van der Waals surface area contributed by atoms with Crippen molar-refractivity contribution in [2.24, 2.45) is 11.0 Å². The number of benzene rings is 2. The van der Waals surface area contributed by atoms with E-state index in [4.69, 9.17) is 9.47 Å². The van der Waals surface area contributed by atoms with Crippen molar-refractivity contribution in [2.45, 2.75) is 20.4 Å². The largest absolute Gasteiger partial charge is 0.493 e. The number of hydrogen-bond donors (Lipinski definition) is 1. The monoisotopic (exact) mass is 395 g/mol. The molecular formula is C23H29N3O3. The second-order valence-electron chi connectivity index (χ2n) is 7.56. The SMILES string of the molecule is CC(C)COc1ccc(/C=N\NC(=O)c2ccc(CN3CCOCC3)cc2)cc1. The van der Waals surface area contributed by atoms with Gasteiger partial charge in [0.2, 0.25) is 0 Å². The predicted molar refractivity (Wildman–Crippen MR) is 114 cm³/mol. The lowest BCUT2D eigenvalue weighted by Gasteiger charge is -2.26. The fraction of sp³-hybridized carbons (Fsp3) is 0.391. The molecule has 3 rings (SSSR count). The van der Waals surface area contributed by atoms with Crippen molar-refractivity contribution in [3.05, 3.63) is 65.2 Å². The highest BCUT2D eigenvalue weighted by Gasteiger charge is 2.11. The molecule has 154 valence electrons. The van der Waals surface area contributed by atoms with Gasteiger partial charge in [0.25, 0.3) is 5.91 Å². The first-order chi connectivity index (χ1) is 14.1. The Morgan fingerprint density at radius 1 is 1.14 bits per heavy atom. The molecule has 1 fully saturated rings. The van der Waals surface area contributed by atoms with Crippen LogP contribution in [0.3, 0.4) is 0 Å². The average Bonchev–Trinajstić information content (AvgIpc) is 2.74. The van der Waals surface area contributed by atoms with E-state index in [1.54, 1.807) is 6.21 Å². The minimum atomic E-state index is -0.226. The van der Waals surface area contributed by atoms with Crippen molar-refractivity contribution in [3.63, 3.8) is 0 Å². The van der Waals surface area contributed by atoms with E-state index < -0.39 is 0 Å². The van der Waals surface area contributed by atoms with E-state index in [0.29, 0.717) is 18.1 Å². The molecule has 6 heteroatoms. The normalized spacial score (nSPS) is 15.0. The lowest BCUT2D eigenvalue weighted by atomic mass is 10.1. The first kappa shape index (κ1) is 21.0. The van der Waals surface area contributed by atoms with Gasteiger partial charge in [-0.25, -0.2) is 5.43 Å². The Balaban J connectivity index is 1.47. The summed E-state index contributed by atoms with van der Waals surface area (Å²) >= 11 is 0. The van der Waals surface area contributed by atoms with Crippen molar-refractivity contribution >= 4 is 12.1 Å². The highest BCUT2D eigenvalue weighted by atomic mass is 16.5. The van der Waals surface area contributed by atoms with Gasteiger partial charge in [-0.15, -0.1) is 0 Å². The topological polar surface area (TPSA) is 63.2 Å². The number of ether oxygens (including phenoxy) is 2. The van der Waals surface area contributed by atoms with Gasteiger partial charge >= 0.3 is 0 Å². The van der Waals surface area contributed by atoms with E-state index in [9.17, 15) is 4.79 Å². The molecule has 1 saturated heterocycles. The number of hydrogen-bond acceptors (Lipinski definition) is 5. The van der Waals surface area contributed by atoms with Gasteiger partial charge in [0.15, 0.2) is 0 Å². The number of nitrogens with one attached hydrogen (secondary N) is 1. The molecule has 1 heterocycles. The highest BCUT2D eigenvalue weighted by molar-refractivity contribution is 5.94. The zero-order valence-electron chi connectivity index (χ0n) is 17.1. The molecule has 0 spiro atoms. The standard InChI is InChI=1S/C23H29N3O3/c1-18(2)17-29-22-9-5-19(6-10-22)15-24-25-23(27)21-7-3-20(4-8-21)16-26-11-13-28-14-12-26/h3-10,15,18H,11-14,16-17H2,1-2H3,(H,25,27)/b24-15-. The third kappa shape index (κ3) is 7.00. The van der Waals surface area contributed by atoms with Crippen LogP contribution in [0.4, 0.5) is 0 Å². The molecule has 2 aromatic rings. The summed E-state index contributed by atoms with van der Waals surface area (Å²) in [6.45, 7) is 9.25. The van der Waals surface area contributed by atoms with Crippen molar-refractivity contribution < 1.29 is 14.3 Å². The Morgan fingerprint density at radius 3 is 2.48 bits per heavy atom. The molecule has 1 N–H and O–H groups in total. The Hall–Kier alpha value is -2.70. The Morgan fingerprint density at radius 2 is 1.83 bits per heavy atom. The van der Waals surface area contributed by atoms with Gasteiger partial charge in [-0.05, 0) is 53.4 Å². The Bertz CT molecular complexity index is 795. The lowest BCUT2D eigenvalue weighted by Crippen LogP contribution is -2.35. The molecule has 1 aliphatic heterocycles. The van der Waals surface area contributed by atoms with Crippen LogP contribution in [0.25, 0.3) is 0 Å². The van der Waals surface area contributed by atoms with Gasteiger partial charge in [-0.2, -0.15) is 5.10 Å². The van der Waals surface area contributed by atoms with Crippen LogP contribution in [0.1, 0.15) is 35.3 Å². The van der Waals surface area contributed by atoms with Crippen molar-refractivity contribution in [2.75, 3.05) is 32.9 Å². The molecular weight excluding hydrogens is 366 g/mol. The van der Waals surface area contributed by atoms with Gasteiger partial charge in [-0.1, -0.05) is 26.0 Å². The molecule has 1 aliphatic rings. The van der Waals surface area contributed by atoms with Crippen LogP contribution < -0.4 is 10.2 Å². The highest BCUT2D eigenvalue weighted by Crippen LogP contribution is 2.12. The van der Waals surface area contributed by atoms with Gasteiger partial charge in [0.05, 0.1) is 26.0 Å². The number of hydrazone groups is 1. The number of carbonyl (C=O) groups excluding carboxylic acids is 1. The van der Waals surface area contributed by atoms with E-state index >= 15 is 0 Å². The molecule has 6 nitrogen and oxygen atoms in total. The summed E-state index contributed by atoms with van der Waals surface area (Å²) in [6.07, 6.45) is 1.62. The first-order valence-electron chi connectivity index (χ1n) is 10.1. The summed E-state index contributed by atoms with van der Waals surface area (Å²) in [5.74, 6) is 1.09. The van der Waals surface area contributed by atoms with Crippen molar-refractivity contribution in [3.8, 4) is 5.75 Å². The summed E-state index contributed by atoms with van der Waals surface area (Å²) in [5, 5.41) is 4.05. The zero-order valence-corrected chi connectivity index (χ0v) is 17.1. The minimum absolute atomic E-state index is 0.226. The maximum Gasteiger partial charge on any atom is 0.271 e. The lowest BCUT2D eigenvalue weighted by molar-refractivity contribution is 0.0342. The van der Waals surface area contributed by atoms with E-state index in [1.165, 1.54) is 5.56 Å². The number of amides is 1. The summed E-state index contributed by atoms with van der Waals surface area (Å²) in [5.41, 5.74) is 5.24. The molecule has 0 aromatic heterocycles. The Kier molecular flexibility index (Phi) is 7.78. The molecule has 1 amide bonds. The fourth-order valence-electron chi connectivity index (χ4n) is 2.92. The maximum absolute atomic E-state index is 12.3. The molecule has 0 bridgehead atoms. The Labute approximate surface area is 172 Å². The number of carbonyl (C=O) groups is 1. The third-order valence-electron chi connectivity index (χ3n) is 4.57. The van der Waals surface area contributed by atoms with Crippen molar-refractivity contribution in [1.29, 1.82) is 0 Å². The molecule has 0 radical (unpaired) electrons. The minimum Gasteiger partial charge on any atom is -0.493 e. The van der Waals surface area contributed by atoms with Crippen LogP contribution in [0.5, 0.6) is 5.75 Å². The summed E-state index contributed by atoms with van der Waals surface area (Å²) in [6, 6.07) is 15.3. The van der Waals surface area contributed by atoms with Gasteiger partial charge in [-0.3, -0.25) is 9.69 Å². The molecule has 29 heavy (non-hydrogen) atoms. The predicted octanol–water partition coefficient (Wildman–Crippen LogP) is 3.32. The molecule has 0 atom stereocenters. The quantitative estimate of drug-likeness (QED) is 0.550. The average molecular weight is 396 g/mol. The second-order valence-corrected chi connectivity index (χ2v) is 7.56. The van der Waals surface area contributed by atoms with E-state index in [0.717, 1.165) is 44.2 Å². The van der Waals surface area contributed by atoms with Gasteiger partial charge in [0, 0.05) is 25.2 Å². The first-order valence-corrected chi connectivity index (χ1v) is 10.1. The summed E-state index contributed by atoms with van der Waals surface area (Å²) in [4.78, 5) is 14.6.